The summed E-state index contributed by atoms with van der Waals surface area (Å²) in [6, 6.07) is 14.6. The summed E-state index contributed by atoms with van der Waals surface area (Å²) in [5.41, 5.74) is 2.96. The quantitative estimate of drug-likeness (QED) is 0.498. The Bertz CT molecular complexity index is 985. The third kappa shape index (κ3) is 2.76. The summed E-state index contributed by atoms with van der Waals surface area (Å²) in [6.07, 6.45) is -0.330. The molecule has 1 atom stereocenters. The normalized spacial score (nSPS) is 15.2. The van der Waals surface area contributed by atoms with Crippen LogP contribution in [-0.2, 0) is 0 Å². The molecule has 0 bridgehead atoms. The topological polar surface area (TPSA) is 81.9 Å². The highest BCUT2D eigenvalue weighted by Crippen LogP contribution is 2.31. The Kier molecular flexibility index (Phi) is 3.93. The van der Waals surface area contributed by atoms with E-state index in [0.29, 0.717) is 10.9 Å². The average Bonchev–Trinajstić information content (AvgIpc) is 2.62. The van der Waals surface area contributed by atoms with Crippen LogP contribution in [0.2, 0.25) is 0 Å². The maximum atomic E-state index is 12.8. The van der Waals surface area contributed by atoms with E-state index in [2.05, 4.69) is 15.4 Å². The number of anilines is 1. The first-order valence-corrected chi connectivity index (χ1v) is 8.99. The highest BCUT2D eigenvalue weighted by Gasteiger charge is 2.37. The number of hydrogen-bond donors (Lipinski definition) is 3. The van der Waals surface area contributed by atoms with E-state index < -0.39 is 0 Å². The third-order valence-electron chi connectivity index (χ3n) is 4.07. The van der Waals surface area contributed by atoms with E-state index in [1.165, 1.54) is 11.8 Å². The smallest absolute Gasteiger partial charge is 0.325 e. The zero-order chi connectivity index (χ0) is 17.4. The lowest BCUT2D eigenvalue weighted by atomic mass is 10.0. The zero-order valence-corrected chi connectivity index (χ0v) is 14.4. The molecule has 1 aliphatic heterocycles. The number of fused-ring (bicyclic) bond motifs is 3. The standard InChI is InChI=1S/C18H16N4O2S/c1-2-25-18-20-17(24)15-13-5-3-4-6-14(13)19-16(22(15)21-18)11-7-9-12(23)10-8-11/h3-10,16H,2H2,1H3,(H2,20,21,23,24)/p+1/t16-/m0/s1. The van der Waals surface area contributed by atoms with Crippen LogP contribution >= 0.6 is 11.8 Å². The van der Waals surface area contributed by atoms with Crippen molar-refractivity contribution in [2.45, 2.75) is 18.2 Å². The molecule has 0 spiro atoms. The fourth-order valence-electron chi connectivity index (χ4n) is 2.97. The minimum atomic E-state index is -0.330. The molecule has 6 nitrogen and oxygen atoms in total. The zero-order valence-electron chi connectivity index (χ0n) is 13.6. The number of nitrogens with zero attached hydrogens (tertiary/aromatic N) is 2. The Morgan fingerprint density at radius 3 is 2.72 bits per heavy atom. The molecule has 0 saturated carbocycles. The third-order valence-corrected chi connectivity index (χ3v) is 4.82. The van der Waals surface area contributed by atoms with Gasteiger partial charge in [0.1, 0.15) is 5.75 Å². The van der Waals surface area contributed by atoms with E-state index in [0.717, 1.165) is 22.6 Å². The van der Waals surface area contributed by atoms with E-state index in [-0.39, 0.29) is 17.5 Å². The molecule has 0 aliphatic carbocycles. The van der Waals surface area contributed by atoms with Gasteiger partial charge in [-0.25, -0.2) is 0 Å². The molecular formula is C18H17N4O2S+. The van der Waals surface area contributed by atoms with Gasteiger partial charge in [-0.15, -0.1) is 0 Å². The van der Waals surface area contributed by atoms with Crippen molar-refractivity contribution in [1.29, 1.82) is 0 Å². The van der Waals surface area contributed by atoms with Crippen molar-refractivity contribution in [3.05, 3.63) is 64.4 Å². The van der Waals surface area contributed by atoms with Gasteiger partial charge in [0.25, 0.3) is 6.17 Å². The summed E-state index contributed by atoms with van der Waals surface area (Å²) >= 11 is 1.49. The number of nitrogens with one attached hydrogen (secondary N) is 2. The highest BCUT2D eigenvalue weighted by atomic mass is 32.2. The molecule has 3 N–H and O–H groups in total. The van der Waals surface area contributed by atoms with Gasteiger partial charge in [-0.05, 0) is 46.8 Å². The van der Waals surface area contributed by atoms with E-state index in [1.807, 2.05) is 43.3 Å². The number of rotatable bonds is 3. The van der Waals surface area contributed by atoms with Gasteiger partial charge in [0.05, 0.1) is 11.3 Å². The molecule has 3 aromatic rings. The predicted octanol–water partition coefficient (Wildman–Crippen LogP) is 2.51. The van der Waals surface area contributed by atoms with Crippen LogP contribution in [0.3, 0.4) is 0 Å². The van der Waals surface area contributed by atoms with E-state index in [4.69, 9.17) is 0 Å². The molecule has 2 heterocycles. The molecular weight excluding hydrogens is 336 g/mol. The molecule has 0 fully saturated rings. The first-order valence-electron chi connectivity index (χ1n) is 8.01. The summed E-state index contributed by atoms with van der Waals surface area (Å²) in [5.74, 6) is 1.02. The summed E-state index contributed by atoms with van der Waals surface area (Å²) in [4.78, 5) is 15.6. The SMILES string of the molecule is CCSc1n[n+]2c(c(=O)[nH]1)-c1ccccc1N[C@@H]2c1ccc(O)cc1. The monoisotopic (exact) mass is 353 g/mol. The molecule has 2 aromatic carbocycles. The lowest BCUT2D eigenvalue weighted by Gasteiger charge is -2.22. The Morgan fingerprint density at radius 2 is 1.96 bits per heavy atom. The number of aromatic amines is 1. The molecule has 4 rings (SSSR count). The van der Waals surface area contributed by atoms with Gasteiger partial charge in [0.2, 0.25) is 5.16 Å². The van der Waals surface area contributed by atoms with Crippen molar-refractivity contribution in [3.8, 4) is 17.0 Å². The van der Waals surface area contributed by atoms with Crippen LogP contribution in [0.4, 0.5) is 5.69 Å². The number of phenols is 1. The fraction of sp³-hybridized carbons (Fsp3) is 0.167. The number of H-pyrrole nitrogens is 1. The number of thioether (sulfide) groups is 1. The molecule has 0 radical (unpaired) electrons. The van der Waals surface area contributed by atoms with Crippen LogP contribution in [0, 0.1) is 0 Å². The number of aromatic nitrogens is 3. The highest BCUT2D eigenvalue weighted by molar-refractivity contribution is 7.99. The van der Waals surface area contributed by atoms with E-state index in [9.17, 15) is 9.90 Å². The molecule has 0 amide bonds. The molecule has 7 heteroatoms. The van der Waals surface area contributed by atoms with Crippen molar-refractivity contribution in [3.63, 3.8) is 0 Å². The lowest BCUT2D eigenvalue weighted by molar-refractivity contribution is -0.759. The van der Waals surface area contributed by atoms with Gasteiger partial charge in [-0.2, -0.15) is 0 Å². The Balaban J connectivity index is 1.95. The van der Waals surface area contributed by atoms with Crippen molar-refractivity contribution in [1.82, 2.24) is 10.1 Å². The van der Waals surface area contributed by atoms with Gasteiger partial charge in [0, 0.05) is 10.7 Å². The van der Waals surface area contributed by atoms with Crippen LogP contribution < -0.4 is 15.6 Å². The summed E-state index contributed by atoms with van der Waals surface area (Å²) in [5, 5.41) is 18.2. The summed E-state index contributed by atoms with van der Waals surface area (Å²) in [6.45, 7) is 2.01. The molecule has 126 valence electrons. The average molecular weight is 353 g/mol. The van der Waals surface area contributed by atoms with Gasteiger partial charge in [0.15, 0.2) is 0 Å². The Labute approximate surface area is 148 Å². The number of aromatic hydroxyl groups is 1. The molecule has 0 saturated heterocycles. The van der Waals surface area contributed by atoms with Crippen LogP contribution in [-0.4, -0.2) is 20.9 Å². The first kappa shape index (κ1) is 15.7. The van der Waals surface area contributed by atoms with Crippen LogP contribution in [0.25, 0.3) is 11.3 Å². The van der Waals surface area contributed by atoms with Crippen LogP contribution in [0.5, 0.6) is 5.75 Å². The minimum Gasteiger partial charge on any atom is -0.508 e. The molecule has 1 aromatic heterocycles. The maximum Gasteiger partial charge on any atom is 0.325 e. The number of phenolic OH excluding ortho intramolecular Hbond substituents is 1. The van der Waals surface area contributed by atoms with Gasteiger partial charge in [-0.1, -0.05) is 30.8 Å². The molecule has 1 aliphatic rings. The van der Waals surface area contributed by atoms with Crippen molar-refractivity contribution in [2.75, 3.05) is 11.1 Å². The predicted molar refractivity (Wildman–Crippen MR) is 96.8 cm³/mol. The molecule has 0 unspecified atom stereocenters. The Morgan fingerprint density at radius 1 is 1.20 bits per heavy atom. The second kappa shape index (κ2) is 6.25. The van der Waals surface area contributed by atoms with Crippen LogP contribution in [0.1, 0.15) is 18.7 Å². The lowest BCUT2D eigenvalue weighted by Crippen LogP contribution is -2.55. The molecule has 25 heavy (non-hydrogen) atoms. The van der Waals surface area contributed by atoms with Gasteiger partial charge in [-0.3, -0.25) is 9.78 Å². The Hall–Kier alpha value is -2.80. The van der Waals surface area contributed by atoms with Crippen molar-refractivity contribution in [2.24, 2.45) is 0 Å². The largest absolute Gasteiger partial charge is 0.508 e. The van der Waals surface area contributed by atoms with Gasteiger partial charge >= 0.3 is 11.3 Å². The fourth-order valence-corrected chi connectivity index (χ4v) is 3.56. The maximum absolute atomic E-state index is 12.8. The first-order chi connectivity index (χ1) is 12.2. The minimum absolute atomic E-state index is 0.163. The summed E-state index contributed by atoms with van der Waals surface area (Å²) in [7, 11) is 0. The van der Waals surface area contributed by atoms with E-state index in [1.54, 1.807) is 16.8 Å². The second-order valence-electron chi connectivity index (χ2n) is 5.67. The van der Waals surface area contributed by atoms with E-state index >= 15 is 0 Å². The second-order valence-corrected chi connectivity index (χ2v) is 6.92. The number of hydrogen-bond acceptors (Lipinski definition) is 5. The number of para-hydroxylation sites is 1. The van der Waals surface area contributed by atoms with Gasteiger partial charge < -0.3 is 10.4 Å². The summed E-state index contributed by atoms with van der Waals surface area (Å²) < 4.78 is 1.73. The van der Waals surface area contributed by atoms with Crippen LogP contribution in [0.15, 0.2) is 58.5 Å². The van der Waals surface area contributed by atoms with Crippen molar-refractivity contribution >= 4 is 17.4 Å². The van der Waals surface area contributed by atoms with Crippen molar-refractivity contribution < 1.29 is 9.79 Å². The number of benzene rings is 2.